The van der Waals surface area contributed by atoms with Gasteiger partial charge in [-0.1, -0.05) is 24.3 Å². The maximum Gasteiger partial charge on any atom is 0.316 e. The lowest BCUT2D eigenvalue weighted by molar-refractivity contribution is -0.145. The van der Waals surface area contributed by atoms with Crippen molar-refractivity contribution in [2.45, 2.75) is 92.5 Å². The Kier molecular flexibility index (Phi) is 14.0. The first kappa shape index (κ1) is 39.7. The number of likely N-dealkylation sites (tertiary alicyclic amines) is 1. The van der Waals surface area contributed by atoms with Gasteiger partial charge in [0, 0.05) is 25.0 Å². The molecular weight excluding hydrogens is 670 g/mol. The van der Waals surface area contributed by atoms with Gasteiger partial charge >= 0.3 is 11.9 Å². The van der Waals surface area contributed by atoms with Crippen molar-refractivity contribution in [3.05, 3.63) is 54.1 Å². The molecule has 1 aliphatic rings. The van der Waals surface area contributed by atoms with Crippen molar-refractivity contribution in [3.8, 4) is 17.2 Å². The number of nitrogens with one attached hydrogen (secondary N) is 2. The summed E-state index contributed by atoms with van der Waals surface area (Å²) in [5.41, 5.74) is -1.66. The highest BCUT2D eigenvalue weighted by atomic mass is 79.9. The van der Waals surface area contributed by atoms with E-state index in [1.54, 1.807) is 76.8 Å². The highest BCUT2D eigenvalue weighted by Crippen LogP contribution is 2.33. The lowest BCUT2D eigenvalue weighted by Crippen LogP contribution is -2.56. The van der Waals surface area contributed by atoms with Crippen LogP contribution in [0.1, 0.15) is 73.8 Å². The third-order valence-electron chi connectivity index (χ3n) is 7.31. The number of esters is 2. The molecule has 1 saturated heterocycles. The van der Waals surface area contributed by atoms with Gasteiger partial charge in [0.15, 0.2) is 18.1 Å². The van der Waals surface area contributed by atoms with Gasteiger partial charge in [0.1, 0.15) is 18.0 Å². The van der Waals surface area contributed by atoms with Crippen molar-refractivity contribution in [3.63, 3.8) is 0 Å². The summed E-state index contributed by atoms with van der Waals surface area (Å²) in [6.45, 7) is 14.5. The molecule has 1 fully saturated rings. The van der Waals surface area contributed by atoms with Crippen LogP contribution in [0.15, 0.2) is 48.5 Å². The van der Waals surface area contributed by atoms with E-state index < -0.39 is 40.6 Å². The quantitative estimate of drug-likeness (QED) is 0.163. The van der Waals surface area contributed by atoms with Gasteiger partial charge in [0.2, 0.25) is 5.91 Å². The van der Waals surface area contributed by atoms with Crippen molar-refractivity contribution in [2.24, 2.45) is 10.8 Å². The molecule has 47 heavy (non-hydrogen) atoms. The second-order valence-electron chi connectivity index (χ2n) is 14.4. The fourth-order valence-corrected chi connectivity index (χ4v) is 4.63. The summed E-state index contributed by atoms with van der Waals surface area (Å²) < 4.78 is 16.8. The molecule has 2 amide bonds. The Hall–Kier alpha value is -3.48. The number of amides is 2. The molecule has 260 valence electrons. The summed E-state index contributed by atoms with van der Waals surface area (Å²) in [7, 11) is 0. The summed E-state index contributed by atoms with van der Waals surface area (Å²) in [4.78, 5) is 52.7. The minimum atomic E-state index is -1.03. The predicted molar refractivity (Wildman–Crippen MR) is 184 cm³/mol. The number of ether oxygens (including phenoxy) is 3. The summed E-state index contributed by atoms with van der Waals surface area (Å²) in [6, 6.07) is 13.3. The summed E-state index contributed by atoms with van der Waals surface area (Å²) in [5, 5.41) is 17.0. The van der Waals surface area contributed by atoms with Crippen LogP contribution in [-0.4, -0.2) is 71.3 Å². The van der Waals surface area contributed by atoms with Crippen LogP contribution in [0.5, 0.6) is 17.2 Å². The van der Waals surface area contributed by atoms with E-state index in [0.29, 0.717) is 24.3 Å². The van der Waals surface area contributed by atoms with E-state index in [1.807, 2.05) is 32.0 Å². The number of nitrogens with zero attached hydrogens (tertiary/aromatic N) is 1. The van der Waals surface area contributed by atoms with Crippen LogP contribution in [0, 0.1) is 10.8 Å². The van der Waals surface area contributed by atoms with E-state index in [4.69, 9.17) is 14.2 Å². The van der Waals surface area contributed by atoms with Crippen LogP contribution in [0.4, 0.5) is 0 Å². The molecule has 1 heterocycles. The predicted octanol–water partition coefficient (Wildman–Crippen LogP) is 4.58. The van der Waals surface area contributed by atoms with E-state index in [1.165, 1.54) is 0 Å². The Bertz CT molecular complexity index is 1390. The Morgan fingerprint density at radius 2 is 1.49 bits per heavy atom. The van der Waals surface area contributed by atoms with Crippen LogP contribution >= 0.6 is 17.0 Å². The van der Waals surface area contributed by atoms with Gasteiger partial charge in [-0.3, -0.25) is 24.5 Å². The normalized spacial score (nSPS) is 15.7. The highest BCUT2D eigenvalue weighted by molar-refractivity contribution is 8.93. The smallest absolute Gasteiger partial charge is 0.316 e. The van der Waals surface area contributed by atoms with Gasteiger partial charge < -0.3 is 29.5 Å². The first-order valence-electron chi connectivity index (χ1n) is 15.6. The van der Waals surface area contributed by atoms with Gasteiger partial charge in [0.05, 0.1) is 10.8 Å². The van der Waals surface area contributed by atoms with E-state index in [0.717, 1.165) is 6.42 Å². The van der Waals surface area contributed by atoms with Crippen molar-refractivity contribution in [1.29, 1.82) is 0 Å². The molecule has 0 saturated carbocycles. The maximum absolute atomic E-state index is 13.1. The first-order valence-corrected chi connectivity index (χ1v) is 15.6. The zero-order chi connectivity index (χ0) is 34.3. The molecule has 2 atom stereocenters. The minimum Gasteiger partial charge on any atom is -0.484 e. The molecule has 0 radical (unpaired) electrons. The monoisotopic (exact) mass is 719 g/mol. The Morgan fingerprint density at radius 3 is 2.09 bits per heavy atom. The van der Waals surface area contributed by atoms with Crippen LogP contribution in [0.3, 0.4) is 0 Å². The number of halogens is 1. The van der Waals surface area contributed by atoms with Crippen LogP contribution in [0.2, 0.25) is 0 Å². The molecule has 2 aromatic rings. The Morgan fingerprint density at radius 1 is 0.894 bits per heavy atom. The first-order chi connectivity index (χ1) is 21.4. The molecule has 1 aliphatic heterocycles. The Labute approximate surface area is 288 Å². The fourth-order valence-electron chi connectivity index (χ4n) is 4.63. The van der Waals surface area contributed by atoms with Crippen LogP contribution < -0.4 is 24.8 Å². The van der Waals surface area contributed by atoms with Crippen molar-refractivity contribution in [2.75, 3.05) is 19.7 Å². The number of hydrogen-bond donors (Lipinski definition) is 3. The summed E-state index contributed by atoms with van der Waals surface area (Å²) >= 11 is 0. The number of benzene rings is 2. The molecule has 12 heteroatoms. The molecule has 0 bridgehead atoms. The zero-order valence-electron chi connectivity index (χ0n) is 28.7. The van der Waals surface area contributed by atoms with Crippen molar-refractivity contribution in [1.82, 2.24) is 15.5 Å². The molecule has 0 spiro atoms. The number of aliphatic hydroxyl groups is 1. The third-order valence-corrected chi connectivity index (χ3v) is 7.31. The molecule has 11 nitrogen and oxygen atoms in total. The number of carbonyl (C=O) groups is 4. The molecule has 3 N–H and O–H groups in total. The lowest BCUT2D eigenvalue weighted by Gasteiger charge is -2.31. The third kappa shape index (κ3) is 12.2. The van der Waals surface area contributed by atoms with Crippen LogP contribution in [0.25, 0.3) is 0 Å². The molecule has 0 aromatic heterocycles. The standard InChI is InChI=1S/C35H49N3O8.BrH/c1-33(2,3)31(42)45-26-17-16-23(19-27(26)46-32(43)34(4,5)6)20-28(39)37-35(7,8)22-36-30(41)25-15-12-18-38(25)29(40)21-44-24-13-10-9-11-14-24;/h9-11,13-14,16-17,19,25,28,37,39H,12,15,18,20-22H2,1-8H3,(H,36,41);1H/t25-,28?;/m1./s1. The van der Waals surface area contributed by atoms with E-state index in [-0.39, 0.29) is 59.9 Å². The number of aliphatic hydroxyl groups excluding tert-OH is 1. The van der Waals surface area contributed by atoms with E-state index in [2.05, 4.69) is 10.6 Å². The number of hydrogen-bond acceptors (Lipinski definition) is 9. The zero-order valence-corrected chi connectivity index (χ0v) is 30.4. The van der Waals surface area contributed by atoms with E-state index in [9.17, 15) is 24.3 Å². The van der Waals surface area contributed by atoms with Gasteiger partial charge in [-0.25, -0.2) is 0 Å². The van der Waals surface area contributed by atoms with Gasteiger partial charge in [-0.2, -0.15) is 0 Å². The van der Waals surface area contributed by atoms with Gasteiger partial charge in [0.25, 0.3) is 5.91 Å². The average molecular weight is 721 g/mol. The summed E-state index contributed by atoms with van der Waals surface area (Å²) in [6.07, 6.45) is 0.386. The second-order valence-corrected chi connectivity index (χ2v) is 14.4. The number of para-hydroxylation sites is 1. The maximum atomic E-state index is 13.1. The molecule has 3 rings (SSSR count). The SMILES string of the molecule is Br.CC(C)(CNC(=O)[C@H]1CCCN1C(=O)COc1ccccc1)NC(O)Cc1ccc(OC(=O)C(C)(C)C)c(OC(=O)C(C)(C)C)c1. The largest absolute Gasteiger partial charge is 0.484 e. The molecule has 0 aliphatic carbocycles. The fraction of sp³-hybridized carbons (Fsp3) is 0.543. The minimum absolute atomic E-state index is 0. The van der Waals surface area contributed by atoms with Crippen molar-refractivity contribution < 1.29 is 38.5 Å². The van der Waals surface area contributed by atoms with E-state index >= 15 is 0 Å². The molecular formula is C35H50BrN3O8. The van der Waals surface area contributed by atoms with Crippen LogP contribution in [-0.2, 0) is 25.6 Å². The Balaban J connectivity index is 0.00000768. The summed E-state index contributed by atoms with van der Waals surface area (Å²) in [5.74, 6) is -0.716. The number of carbonyl (C=O) groups excluding carboxylic acids is 4. The van der Waals surface area contributed by atoms with Gasteiger partial charge in [-0.05, 0) is 98.1 Å². The van der Waals surface area contributed by atoms with Crippen molar-refractivity contribution >= 4 is 40.7 Å². The molecule has 2 aromatic carbocycles. The molecule has 1 unspecified atom stereocenters. The average Bonchev–Trinajstić information content (AvgIpc) is 3.45. The number of rotatable bonds is 12. The topological polar surface area (TPSA) is 144 Å². The lowest BCUT2D eigenvalue weighted by atomic mass is 9.97. The van der Waals surface area contributed by atoms with Gasteiger partial charge in [-0.15, -0.1) is 17.0 Å². The second kappa shape index (κ2) is 16.6. The highest BCUT2D eigenvalue weighted by Gasteiger charge is 2.35.